The first-order valence-corrected chi connectivity index (χ1v) is 7.34. The first-order valence-electron chi connectivity index (χ1n) is 7.34. The van der Waals surface area contributed by atoms with Gasteiger partial charge in [-0.1, -0.05) is 19.1 Å². The molecule has 0 saturated carbocycles. The summed E-state index contributed by atoms with van der Waals surface area (Å²) < 4.78 is 0. The summed E-state index contributed by atoms with van der Waals surface area (Å²) >= 11 is 0. The fraction of sp³-hybridized carbons (Fsp3) is 0.375. The lowest BCUT2D eigenvalue weighted by molar-refractivity contribution is 0.475. The fourth-order valence-electron chi connectivity index (χ4n) is 2.21. The molecule has 3 N–H and O–H groups in total. The molecule has 0 unspecified atom stereocenters. The normalized spacial score (nSPS) is 10.4. The Labute approximate surface area is 125 Å². The Morgan fingerprint density at radius 3 is 2.29 bits per heavy atom. The smallest absolute Gasteiger partial charge is 0.134 e. The van der Waals surface area contributed by atoms with E-state index in [4.69, 9.17) is 0 Å². The van der Waals surface area contributed by atoms with Crippen molar-refractivity contribution in [2.45, 2.75) is 26.7 Å². The van der Waals surface area contributed by atoms with Crippen molar-refractivity contribution >= 4 is 11.6 Å². The van der Waals surface area contributed by atoms with Crippen LogP contribution in [0.4, 0.5) is 11.6 Å². The van der Waals surface area contributed by atoms with E-state index in [1.54, 1.807) is 18.5 Å². The number of aromatic hydroxyl groups is 1. The average molecular weight is 286 g/mol. The zero-order valence-electron chi connectivity index (χ0n) is 12.6. The summed E-state index contributed by atoms with van der Waals surface area (Å²) in [5.74, 6) is 2.09. The maximum absolute atomic E-state index is 9.27. The standard InChI is InChI=1S/C16H22N4O/c1-3-14-15(17-4-2)19-11-20-16(14)18-10-9-12-5-7-13(21)8-6-12/h5-8,11,21H,3-4,9-10H2,1-2H3,(H2,17,18,19,20). The van der Waals surface area contributed by atoms with Gasteiger partial charge in [-0.2, -0.15) is 0 Å². The van der Waals surface area contributed by atoms with Gasteiger partial charge in [-0.3, -0.25) is 0 Å². The molecule has 0 saturated heterocycles. The van der Waals surface area contributed by atoms with E-state index >= 15 is 0 Å². The molecule has 0 radical (unpaired) electrons. The van der Waals surface area contributed by atoms with Gasteiger partial charge in [-0.05, 0) is 37.5 Å². The van der Waals surface area contributed by atoms with Crippen LogP contribution in [0.25, 0.3) is 0 Å². The van der Waals surface area contributed by atoms with Crippen molar-refractivity contribution in [1.29, 1.82) is 0 Å². The Hall–Kier alpha value is -2.30. The molecule has 0 amide bonds. The van der Waals surface area contributed by atoms with E-state index in [9.17, 15) is 5.11 Å². The van der Waals surface area contributed by atoms with Crippen molar-refractivity contribution in [1.82, 2.24) is 9.97 Å². The Bertz CT molecular complexity index is 569. The molecule has 112 valence electrons. The third-order valence-electron chi connectivity index (χ3n) is 3.29. The van der Waals surface area contributed by atoms with Crippen LogP contribution in [0.2, 0.25) is 0 Å². The van der Waals surface area contributed by atoms with Gasteiger partial charge in [0, 0.05) is 18.7 Å². The number of nitrogens with zero attached hydrogens (tertiary/aromatic N) is 2. The van der Waals surface area contributed by atoms with E-state index in [0.29, 0.717) is 5.75 Å². The molecule has 0 aliphatic heterocycles. The van der Waals surface area contributed by atoms with Crippen molar-refractivity contribution in [3.8, 4) is 5.75 Å². The van der Waals surface area contributed by atoms with Crippen molar-refractivity contribution in [2.75, 3.05) is 23.7 Å². The molecule has 5 nitrogen and oxygen atoms in total. The number of phenolic OH excluding ortho intramolecular Hbond substituents is 1. The molecule has 0 bridgehead atoms. The number of phenols is 1. The second-order valence-corrected chi connectivity index (χ2v) is 4.78. The second-order valence-electron chi connectivity index (χ2n) is 4.78. The summed E-state index contributed by atoms with van der Waals surface area (Å²) in [6, 6.07) is 7.28. The van der Waals surface area contributed by atoms with E-state index in [1.165, 1.54) is 5.56 Å². The molecule has 0 fully saturated rings. The van der Waals surface area contributed by atoms with Crippen LogP contribution in [0.15, 0.2) is 30.6 Å². The SMILES string of the molecule is CCNc1ncnc(NCCc2ccc(O)cc2)c1CC. The maximum Gasteiger partial charge on any atom is 0.134 e. The second kappa shape index (κ2) is 7.47. The summed E-state index contributed by atoms with van der Waals surface area (Å²) in [6.45, 7) is 5.79. The van der Waals surface area contributed by atoms with Crippen LogP contribution in [0.3, 0.4) is 0 Å². The van der Waals surface area contributed by atoms with E-state index in [-0.39, 0.29) is 0 Å². The number of benzene rings is 1. The quantitative estimate of drug-likeness (QED) is 0.730. The number of hydrogen-bond donors (Lipinski definition) is 3. The largest absolute Gasteiger partial charge is 0.508 e. The van der Waals surface area contributed by atoms with Gasteiger partial charge < -0.3 is 15.7 Å². The molecule has 0 aliphatic carbocycles. The van der Waals surface area contributed by atoms with Crippen molar-refractivity contribution < 1.29 is 5.11 Å². The Balaban J connectivity index is 1.99. The van der Waals surface area contributed by atoms with Crippen LogP contribution >= 0.6 is 0 Å². The Morgan fingerprint density at radius 1 is 1.00 bits per heavy atom. The van der Waals surface area contributed by atoms with Crippen LogP contribution in [-0.4, -0.2) is 28.2 Å². The van der Waals surface area contributed by atoms with E-state index < -0.39 is 0 Å². The number of aromatic nitrogens is 2. The van der Waals surface area contributed by atoms with Crippen LogP contribution in [0.1, 0.15) is 25.0 Å². The van der Waals surface area contributed by atoms with Crippen LogP contribution in [0, 0.1) is 0 Å². The molecule has 0 spiro atoms. The highest BCUT2D eigenvalue weighted by molar-refractivity contribution is 5.57. The zero-order valence-corrected chi connectivity index (χ0v) is 12.6. The van der Waals surface area contributed by atoms with Gasteiger partial charge in [-0.25, -0.2) is 9.97 Å². The molecule has 21 heavy (non-hydrogen) atoms. The summed E-state index contributed by atoms with van der Waals surface area (Å²) in [6.07, 6.45) is 3.34. The Kier molecular flexibility index (Phi) is 5.37. The lowest BCUT2D eigenvalue weighted by Crippen LogP contribution is -2.11. The van der Waals surface area contributed by atoms with Crippen molar-refractivity contribution in [3.63, 3.8) is 0 Å². The third-order valence-corrected chi connectivity index (χ3v) is 3.29. The predicted octanol–water partition coefficient (Wildman–Crippen LogP) is 2.83. The first kappa shape index (κ1) is 15.1. The van der Waals surface area contributed by atoms with Crippen molar-refractivity contribution in [2.24, 2.45) is 0 Å². The van der Waals surface area contributed by atoms with Crippen LogP contribution < -0.4 is 10.6 Å². The molecule has 2 aromatic rings. The van der Waals surface area contributed by atoms with Gasteiger partial charge in [0.15, 0.2) is 0 Å². The minimum absolute atomic E-state index is 0.297. The molecule has 1 heterocycles. The van der Waals surface area contributed by atoms with Gasteiger partial charge in [-0.15, -0.1) is 0 Å². The van der Waals surface area contributed by atoms with E-state index in [0.717, 1.165) is 43.1 Å². The third kappa shape index (κ3) is 4.08. The van der Waals surface area contributed by atoms with Gasteiger partial charge >= 0.3 is 0 Å². The molecule has 0 atom stereocenters. The molecule has 1 aromatic carbocycles. The average Bonchev–Trinajstić information content (AvgIpc) is 2.50. The molecular weight excluding hydrogens is 264 g/mol. The number of anilines is 2. The molecule has 5 heteroatoms. The van der Waals surface area contributed by atoms with Crippen LogP contribution in [-0.2, 0) is 12.8 Å². The van der Waals surface area contributed by atoms with Crippen LogP contribution in [0.5, 0.6) is 5.75 Å². The number of rotatable bonds is 7. The molecular formula is C16H22N4O. The zero-order chi connectivity index (χ0) is 15.1. The van der Waals surface area contributed by atoms with Gasteiger partial charge in [0.2, 0.25) is 0 Å². The van der Waals surface area contributed by atoms with Crippen molar-refractivity contribution in [3.05, 3.63) is 41.7 Å². The maximum atomic E-state index is 9.27. The van der Waals surface area contributed by atoms with Gasteiger partial charge in [0.25, 0.3) is 0 Å². The summed E-state index contributed by atoms with van der Waals surface area (Å²) in [5.41, 5.74) is 2.30. The van der Waals surface area contributed by atoms with Gasteiger partial charge in [0.05, 0.1) is 0 Å². The lowest BCUT2D eigenvalue weighted by Gasteiger charge is -2.13. The minimum Gasteiger partial charge on any atom is -0.508 e. The summed E-state index contributed by atoms with van der Waals surface area (Å²) in [4.78, 5) is 8.62. The van der Waals surface area contributed by atoms with E-state index in [2.05, 4.69) is 34.4 Å². The van der Waals surface area contributed by atoms with Gasteiger partial charge in [0.1, 0.15) is 23.7 Å². The first-order chi connectivity index (χ1) is 10.2. The summed E-state index contributed by atoms with van der Waals surface area (Å²) in [7, 11) is 0. The molecule has 2 rings (SSSR count). The highest BCUT2D eigenvalue weighted by atomic mass is 16.3. The predicted molar refractivity (Wildman–Crippen MR) is 85.9 cm³/mol. The highest BCUT2D eigenvalue weighted by Crippen LogP contribution is 2.20. The molecule has 0 aliphatic rings. The summed E-state index contributed by atoms with van der Waals surface area (Å²) in [5, 5.41) is 15.9. The minimum atomic E-state index is 0.297. The number of nitrogens with one attached hydrogen (secondary N) is 2. The molecule has 1 aromatic heterocycles. The fourth-order valence-corrected chi connectivity index (χ4v) is 2.21. The topological polar surface area (TPSA) is 70.1 Å². The highest BCUT2D eigenvalue weighted by Gasteiger charge is 2.08. The number of hydrogen-bond acceptors (Lipinski definition) is 5. The van der Waals surface area contributed by atoms with E-state index in [1.807, 2.05) is 12.1 Å². The monoisotopic (exact) mass is 286 g/mol. The Morgan fingerprint density at radius 2 is 1.67 bits per heavy atom. The lowest BCUT2D eigenvalue weighted by atomic mass is 10.1.